The topological polar surface area (TPSA) is 80.5 Å². The molecule has 0 bridgehead atoms. The minimum absolute atomic E-state index is 0.356. The number of rotatable bonds is 1. The first kappa shape index (κ1) is 9.49. The van der Waals surface area contributed by atoms with Gasteiger partial charge in [0.15, 0.2) is 5.82 Å². The van der Waals surface area contributed by atoms with Gasteiger partial charge < -0.3 is 5.73 Å². The van der Waals surface area contributed by atoms with Gasteiger partial charge in [0.25, 0.3) is 0 Å². The van der Waals surface area contributed by atoms with Gasteiger partial charge in [-0.05, 0) is 6.07 Å². The Hall–Kier alpha value is -2.06. The molecule has 2 aromatic rings. The third kappa shape index (κ3) is 1.75. The molecule has 15 heavy (non-hydrogen) atoms. The van der Waals surface area contributed by atoms with Crippen molar-refractivity contribution in [2.45, 2.75) is 0 Å². The first-order chi connectivity index (χ1) is 7.20. The number of nitrogens with two attached hydrogens (primary N) is 1. The molecule has 0 saturated heterocycles. The molecule has 0 aromatic carbocycles. The van der Waals surface area contributed by atoms with Crippen LogP contribution in [0, 0.1) is 11.3 Å². The first-order valence-corrected chi connectivity index (χ1v) is 4.44. The Balaban J connectivity index is 2.58. The van der Waals surface area contributed by atoms with Gasteiger partial charge in [-0.25, -0.2) is 9.67 Å². The molecule has 2 rings (SSSR count). The molecule has 2 N–H and O–H groups in total. The van der Waals surface area contributed by atoms with Gasteiger partial charge in [0.2, 0.25) is 0 Å². The highest BCUT2D eigenvalue weighted by Crippen LogP contribution is 2.15. The molecule has 0 unspecified atom stereocenters. The number of nitrogens with zero attached hydrogens (tertiary/aromatic N) is 4. The third-order valence-corrected chi connectivity index (χ3v) is 1.97. The van der Waals surface area contributed by atoms with Crippen LogP contribution in [0.1, 0.15) is 5.56 Å². The Morgan fingerprint density at radius 1 is 1.47 bits per heavy atom. The van der Waals surface area contributed by atoms with E-state index in [0.29, 0.717) is 22.1 Å². The zero-order valence-corrected chi connectivity index (χ0v) is 8.31. The fraction of sp³-hybridized carbons (Fsp3) is 0. The van der Waals surface area contributed by atoms with Crippen LogP contribution in [0.3, 0.4) is 0 Å². The number of hydrogen-bond donors (Lipinski definition) is 1. The van der Waals surface area contributed by atoms with Gasteiger partial charge in [0.05, 0.1) is 34.9 Å². The smallest absolute Gasteiger partial charge is 0.171 e. The lowest BCUT2D eigenvalue weighted by Gasteiger charge is -2.02. The molecule has 0 fully saturated rings. The summed E-state index contributed by atoms with van der Waals surface area (Å²) in [6, 6.07) is 3.54. The van der Waals surface area contributed by atoms with Crippen molar-refractivity contribution in [1.82, 2.24) is 14.8 Å². The highest BCUT2D eigenvalue weighted by Gasteiger charge is 2.07. The van der Waals surface area contributed by atoms with Crippen LogP contribution in [-0.2, 0) is 0 Å². The average Bonchev–Trinajstić information content (AvgIpc) is 2.64. The van der Waals surface area contributed by atoms with E-state index in [1.165, 1.54) is 23.1 Å². The molecule has 0 aliphatic heterocycles. The van der Waals surface area contributed by atoms with Crippen molar-refractivity contribution in [2.24, 2.45) is 0 Å². The van der Waals surface area contributed by atoms with E-state index in [1.54, 1.807) is 6.20 Å². The second-order valence-corrected chi connectivity index (χ2v) is 3.29. The van der Waals surface area contributed by atoms with Gasteiger partial charge in [-0.3, -0.25) is 0 Å². The molecule has 0 radical (unpaired) electrons. The molecular weight excluding hydrogens is 214 g/mol. The van der Waals surface area contributed by atoms with Crippen LogP contribution in [0.5, 0.6) is 0 Å². The highest BCUT2D eigenvalue weighted by molar-refractivity contribution is 6.30. The van der Waals surface area contributed by atoms with E-state index >= 15 is 0 Å². The molecule has 2 aromatic heterocycles. The summed E-state index contributed by atoms with van der Waals surface area (Å²) < 4.78 is 1.43. The largest absolute Gasteiger partial charge is 0.397 e. The van der Waals surface area contributed by atoms with E-state index in [2.05, 4.69) is 10.1 Å². The van der Waals surface area contributed by atoms with Crippen LogP contribution < -0.4 is 5.73 Å². The number of nitrogen functional groups attached to an aromatic ring is 1. The van der Waals surface area contributed by atoms with E-state index in [1.807, 2.05) is 6.07 Å². The van der Waals surface area contributed by atoms with Crippen LogP contribution in [0.2, 0.25) is 5.02 Å². The predicted octanol–water partition coefficient (Wildman–Crippen LogP) is 1.37. The molecule has 0 atom stereocenters. The van der Waals surface area contributed by atoms with Crippen LogP contribution in [-0.4, -0.2) is 14.8 Å². The van der Waals surface area contributed by atoms with E-state index in [4.69, 9.17) is 22.6 Å². The second kappa shape index (κ2) is 3.59. The summed E-state index contributed by atoms with van der Waals surface area (Å²) in [6.07, 6.45) is 4.51. The number of nitriles is 1. The fourth-order valence-corrected chi connectivity index (χ4v) is 1.29. The van der Waals surface area contributed by atoms with Gasteiger partial charge in [-0.2, -0.15) is 10.4 Å². The molecular formula is C9H6ClN5. The first-order valence-electron chi connectivity index (χ1n) is 4.07. The van der Waals surface area contributed by atoms with Crippen LogP contribution >= 0.6 is 11.6 Å². The minimum Gasteiger partial charge on any atom is -0.397 e. The summed E-state index contributed by atoms with van der Waals surface area (Å²) >= 11 is 5.72. The minimum atomic E-state index is 0.356. The molecule has 0 aliphatic rings. The Bertz CT molecular complexity index is 540. The zero-order valence-electron chi connectivity index (χ0n) is 7.55. The standard InChI is InChI=1S/C9H6ClN5/c10-7-3-14-15(5-7)9-6(2-11)1-8(12)4-13-9/h1,3-5H,12H2. The lowest BCUT2D eigenvalue weighted by Crippen LogP contribution is -2.02. The van der Waals surface area contributed by atoms with E-state index < -0.39 is 0 Å². The molecule has 0 saturated carbocycles. The molecule has 0 aliphatic carbocycles. The Labute approximate surface area is 90.7 Å². The molecule has 6 heteroatoms. The summed E-state index contributed by atoms with van der Waals surface area (Å²) in [5.41, 5.74) is 6.31. The zero-order chi connectivity index (χ0) is 10.8. The van der Waals surface area contributed by atoms with Crippen LogP contribution in [0.15, 0.2) is 24.7 Å². The van der Waals surface area contributed by atoms with Crippen LogP contribution in [0.4, 0.5) is 5.69 Å². The predicted molar refractivity (Wildman–Crippen MR) is 55.5 cm³/mol. The lowest BCUT2D eigenvalue weighted by molar-refractivity contribution is 0.844. The monoisotopic (exact) mass is 219 g/mol. The van der Waals surface area contributed by atoms with Crippen molar-refractivity contribution in [1.29, 1.82) is 5.26 Å². The third-order valence-electron chi connectivity index (χ3n) is 1.78. The SMILES string of the molecule is N#Cc1cc(N)cnc1-n1cc(Cl)cn1. The van der Waals surface area contributed by atoms with E-state index in [-0.39, 0.29) is 0 Å². The molecule has 2 heterocycles. The molecule has 5 nitrogen and oxygen atoms in total. The number of pyridine rings is 1. The van der Waals surface area contributed by atoms with Crippen molar-refractivity contribution < 1.29 is 0 Å². The Morgan fingerprint density at radius 2 is 2.27 bits per heavy atom. The highest BCUT2D eigenvalue weighted by atomic mass is 35.5. The normalized spacial score (nSPS) is 9.87. The number of hydrogen-bond acceptors (Lipinski definition) is 4. The van der Waals surface area contributed by atoms with Crippen molar-refractivity contribution in [3.05, 3.63) is 35.2 Å². The summed E-state index contributed by atoms with van der Waals surface area (Å²) in [6.45, 7) is 0. The van der Waals surface area contributed by atoms with Gasteiger partial charge in [0, 0.05) is 0 Å². The van der Waals surface area contributed by atoms with E-state index in [9.17, 15) is 0 Å². The summed E-state index contributed by atoms with van der Waals surface area (Å²) in [5, 5.41) is 13.3. The second-order valence-electron chi connectivity index (χ2n) is 2.85. The van der Waals surface area contributed by atoms with Gasteiger partial charge >= 0.3 is 0 Å². The lowest BCUT2D eigenvalue weighted by atomic mass is 10.2. The summed E-state index contributed by atoms with van der Waals surface area (Å²) in [4.78, 5) is 4.03. The quantitative estimate of drug-likeness (QED) is 0.786. The maximum Gasteiger partial charge on any atom is 0.171 e. The molecule has 0 spiro atoms. The van der Waals surface area contributed by atoms with Crippen molar-refractivity contribution >= 4 is 17.3 Å². The van der Waals surface area contributed by atoms with Gasteiger partial charge in [-0.1, -0.05) is 11.6 Å². The fourth-order valence-electron chi connectivity index (χ4n) is 1.16. The number of aromatic nitrogens is 3. The van der Waals surface area contributed by atoms with Crippen LogP contribution in [0.25, 0.3) is 5.82 Å². The Morgan fingerprint density at radius 3 is 2.87 bits per heavy atom. The maximum atomic E-state index is 8.89. The number of halogens is 1. The maximum absolute atomic E-state index is 8.89. The molecule has 0 amide bonds. The van der Waals surface area contributed by atoms with Crippen molar-refractivity contribution in [3.63, 3.8) is 0 Å². The van der Waals surface area contributed by atoms with Crippen molar-refractivity contribution in [2.75, 3.05) is 5.73 Å². The number of anilines is 1. The van der Waals surface area contributed by atoms with Gasteiger partial charge in [-0.15, -0.1) is 0 Å². The molecule has 74 valence electrons. The Kier molecular flexibility index (Phi) is 2.27. The van der Waals surface area contributed by atoms with Gasteiger partial charge in [0.1, 0.15) is 6.07 Å². The summed E-state index contributed by atoms with van der Waals surface area (Å²) in [7, 11) is 0. The van der Waals surface area contributed by atoms with E-state index in [0.717, 1.165) is 0 Å². The summed E-state index contributed by atoms with van der Waals surface area (Å²) in [5.74, 6) is 0.415. The van der Waals surface area contributed by atoms with Crippen molar-refractivity contribution in [3.8, 4) is 11.9 Å². The average molecular weight is 220 g/mol.